The summed E-state index contributed by atoms with van der Waals surface area (Å²) in [5.74, 6) is -0.481. The molecule has 0 bridgehead atoms. The highest BCUT2D eigenvalue weighted by molar-refractivity contribution is 4.92. The predicted molar refractivity (Wildman–Crippen MR) is 43.1 cm³/mol. The lowest BCUT2D eigenvalue weighted by molar-refractivity contribution is -0.139. The second-order valence-corrected chi connectivity index (χ2v) is 3.18. The summed E-state index contributed by atoms with van der Waals surface area (Å²) in [5, 5.41) is 0. The average molecular weight is 157 g/mol. The summed E-state index contributed by atoms with van der Waals surface area (Å²) in [4.78, 5) is 0. The van der Waals surface area contributed by atoms with Crippen LogP contribution in [0.4, 0.5) is 0 Å². The minimum Gasteiger partial charge on any atom is -0.348 e. The van der Waals surface area contributed by atoms with Crippen molar-refractivity contribution in [2.45, 2.75) is 31.8 Å². The van der Waals surface area contributed by atoms with E-state index >= 15 is 0 Å². The van der Waals surface area contributed by atoms with Crippen molar-refractivity contribution in [3.63, 3.8) is 0 Å². The minimum absolute atomic E-state index is 0.0394. The van der Waals surface area contributed by atoms with Crippen LogP contribution in [-0.2, 0) is 9.47 Å². The molecule has 3 heteroatoms. The molecule has 2 N–H and O–H groups in total. The second-order valence-electron chi connectivity index (χ2n) is 3.18. The van der Waals surface area contributed by atoms with Crippen molar-refractivity contribution in [1.29, 1.82) is 0 Å². The minimum atomic E-state index is -0.481. The van der Waals surface area contributed by atoms with Crippen LogP contribution >= 0.6 is 0 Å². The largest absolute Gasteiger partial charge is 0.348 e. The molecule has 0 saturated carbocycles. The number of ether oxygens (including phenoxy) is 2. The molecule has 0 aromatic heterocycles. The monoisotopic (exact) mass is 157 g/mol. The third-order valence-electron chi connectivity index (χ3n) is 1.73. The van der Waals surface area contributed by atoms with Gasteiger partial charge in [-0.3, -0.25) is 0 Å². The van der Waals surface area contributed by atoms with Crippen LogP contribution < -0.4 is 5.73 Å². The van der Waals surface area contributed by atoms with E-state index in [1.54, 1.807) is 6.08 Å². The summed E-state index contributed by atoms with van der Waals surface area (Å²) in [6.07, 6.45) is 1.64. The van der Waals surface area contributed by atoms with Gasteiger partial charge < -0.3 is 15.2 Å². The van der Waals surface area contributed by atoms with Crippen molar-refractivity contribution in [3.05, 3.63) is 12.7 Å². The number of nitrogens with two attached hydrogens (primary N) is 1. The molecule has 1 saturated heterocycles. The SMILES string of the molecule is C=CC(N)C1COC(C)(C)O1. The van der Waals surface area contributed by atoms with E-state index in [4.69, 9.17) is 15.2 Å². The Morgan fingerprint density at radius 1 is 1.73 bits per heavy atom. The van der Waals surface area contributed by atoms with Crippen molar-refractivity contribution in [2.75, 3.05) is 6.61 Å². The lowest BCUT2D eigenvalue weighted by Gasteiger charge is -2.18. The third kappa shape index (κ3) is 2.02. The standard InChI is InChI=1S/C8H15NO2/c1-4-6(9)7-5-10-8(2,3)11-7/h4,6-7H,1,5,9H2,2-3H3. The second kappa shape index (κ2) is 2.93. The van der Waals surface area contributed by atoms with Crippen LogP contribution in [0.15, 0.2) is 12.7 Å². The zero-order valence-corrected chi connectivity index (χ0v) is 7.04. The van der Waals surface area contributed by atoms with Gasteiger partial charge in [0.1, 0.15) is 6.10 Å². The fourth-order valence-electron chi connectivity index (χ4n) is 1.06. The van der Waals surface area contributed by atoms with Crippen molar-refractivity contribution >= 4 is 0 Å². The van der Waals surface area contributed by atoms with Crippen molar-refractivity contribution in [1.82, 2.24) is 0 Å². The van der Waals surface area contributed by atoms with E-state index in [0.29, 0.717) is 6.61 Å². The highest BCUT2D eigenvalue weighted by Gasteiger charge is 2.34. The molecule has 3 nitrogen and oxygen atoms in total. The topological polar surface area (TPSA) is 44.5 Å². The normalized spacial score (nSPS) is 31.7. The molecule has 1 rings (SSSR count). The summed E-state index contributed by atoms with van der Waals surface area (Å²) >= 11 is 0. The molecular weight excluding hydrogens is 142 g/mol. The molecule has 1 aliphatic rings. The Balaban J connectivity index is 2.47. The Morgan fingerprint density at radius 2 is 2.36 bits per heavy atom. The first-order valence-electron chi connectivity index (χ1n) is 3.75. The van der Waals surface area contributed by atoms with Crippen molar-refractivity contribution in [3.8, 4) is 0 Å². The van der Waals surface area contributed by atoms with Gasteiger partial charge >= 0.3 is 0 Å². The Labute approximate surface area is 67.2 Å². The van der Waals surface area contributed by atoms with Gasteiger partial charge in [0.05, 0.1) is 12.6 Å². The zero-order valence-electron chi connectivity index (χ0n) is 7.04. The van der Waals surface area contributed by atoms with Crippen molar-refractivity contribution < 1.29 is 9.47 Å². The summed E-state index contributed by atoms with van der Waals surface area (Å²) in [5.41, 5.74) is 5.68. The van der Waals surface area contributed by atoms with Crippen LogP contribution in [0.25, 0.3) is 0 Å². The van der Waals surface area contributed by atoms with Crippen LogP contribution in [-0.4, -0.2) is 24.5 Å². The lowest BCUT2D eigenvalue weighted by Crippen LogP contribution is -2.35. The Bertz CT molecular complexity index is 156. The molecule has 1 aliphatic heterocycles. The maximum atomic E-state index is 5.68. The number of hydrogen-bond acceptors (Lipinski definition) is 3. The molecular formula is C8H15NO2. The van der Waals surface area contributed by atoms with Crippen molar-refractivity contribution in [2.24, 2.45) is 5.73 Å². The van der Waals surface area contributed by atoms with E-state index in [1.807, 2.05) is 13.8 Å². The molecule has 0 amide bonds. The summed E-state index contributed by atoms with van der Waals surface area (Å²) in [6, 6.07) is -0.128. The molecule has 64 valence electrons. The molecule has 0 radical (unpaired) electrons. The summed E-state index contributed by atoms with van der Waals surface area (Å²) in [6.45, 7) is 7.90. The van der Waals surface area contributed by atoms with Gasteiger partial charge in [-0.2, -0.15) is 0 Å². The third-order valence-corrected chi connectivity index (χ3v) is 1.73. The molecule has 11 heavy (non-hydrogen) atoms. The lowest BCUT2D eigenvalue weighted by atomic mass is 10.2. The number of hydrogen-bond donors (Lipinski definition) is 1. The molecule has 0 aromatic rings. The predicted octanol–water partition coefficient (Wildman–Crippen LogP) is 0.651. The molecule has 0 aromatic carbocycles. The van der Waals surface area contributed by atoms with Gasteiger partial charge in [0.15, 0.2) is 5.79 Å². The van der Waals surface area contributed by atoms with Gasteiger partial charge in [-0.15, -0.1) is 6.58 Å². The van der Waals surface area contributed by atoms with Gasteiger partial charge in [-0.1, -0.05) is 6.08 Å². The maximum Gasteiger partial charge on any atom is 0.163 e. The first-order valence-corrected chi connectivity index (χ1v) is 3.75. The Morgan fingerprint density at radius 3 is 2.73 bits per heavy atom. The van der Waals surface area contributed by atoms with Gasteiger partial charge in [-0.25, -0.2) is 0 Å². The van der Waals surface area contributed by atoms with Crippen LogP contribution in [0.3, 0.4) is 0 Å². The summed E-state index contributed by atoms with van der Waals surface area (Å²) < 4.78 is 10.8. The maximum absolute atomic E-state index is 5.68. The number of rotatable bonds is 2. The Hall–Kier alpha value is -0.380. The first kappa shape index (κ1) is 8.71. The zero-order chi connectivity index (χ0) is 8.48. The highest BCUT2D eigenvalue weighted by atomic mass is 16.7. The van der Waals surface area contributed by atoms with E-state index in [2.05, 4.69) is 6.58 Å². The van der Waals surface area contributed by atoms with Crippen LogP contribution in [0.1, 0.15) is 13.8 Å². The fraction of sp³-hybridized carbons (Fsp3) is 0.750. The average Bonchev–Trinajstić information content (AvgIpc) is 2.29. The van der Waals surface area contributed by atoms with E-state index in [1.165, 1.54) is 0 Å². The van der Waals surface area contributed by atoms with Crippen LogP contribution in [0, 0.1) is 0 Å². The van der Waals surface area contributed by atoms with Gasteiger partial charge in [0.25, 0.3) is 0 Å². The quantitative estimate of drug-likeness (QED) is 0.598. The van der Waals surface area contributed by atoms with E-state index < -0.39 is 5.79 Å². The fourth-order valence-corrected chi connectivity index (χ4v) is 1.06. The first-order chi connectivity index (χ1) is 5.05. The molecule has 1 heterocycles. The van der Waals surface area contributed by atoms with E-state index in [9.17, 15) is 0 Å². The molecule has 0 spiro atoms. The van der Waals surface area contributed by atoms with Gasteiger partial charge in [0, 0.05) is 0 Å². The summed E-state index contributed by atoms with van der Waals surface area (Å²) in [7, 11) is 0. The van der Waals surface area contributed by atoms with Crippen LogP contribution in [0.5, 0.6) is 0 Å². The molecule has 0 aliphatic carbocycles. The van der Waals surface area contributed by atoms with Gasteiger partial charge in [-0.05, 0) is 13.8 Å². The van der Waals surface area contributed by atoms with E-state index in [-0.39, 0.29) is 12.1 Å². The van der Waals surface area contributed by atoms with E-state index in [0.717, 1.165) is 0 Å². The molecule has 1 fully saturated rings. The highest BCUT2D eigenvalue weighted by Crippen LogP contribution is 2.23. The smallest absolute Gasteiger partial charge is 0.163 e. The van der Waals surface area contributed by atoms with Gasteiger partial charge in [0.2, 0.25) is 0 Å². The molecule has 2 unspecified atom stereocenters. The van der Waals surface area contributed by atoms with Crippen LogP contribution in [0.2, 0.25) is 0 Å². The Kier molecular flexibility index (Phi) is 2.32. The molecule has 2 atom stereocenters.